The molecule has 0 radical (unpaired) electrons. The van der Waals surface area contributed by atoms with Crippen molar-refractivity contribution in [1.29, 1.82) is 0 Å². The first-order valence-corrected chi connectivity index (χ1v) is 4.29. The van der Waals surface area contributed by atoms with Crippen LogP contribution in [0.5, 0.6) is 0 Å². The van der Waals surface area contributed by atoms with Crippen molar-refractivity contribution in [2.24, 2.45) is 0 Å². The molecule has 0 amide bonds. The molecule has 0 rings (SSSR count). The van der Waals surface area contributed by atoms with Gasteiger partial charge in [0.1, 0.15) is 13.2 Å². The van der Waals surface area contributed by atoms with Gasteiger partial charge in [0, 0.05) is 0 Å². The maximum atomic E-state index is 10.6. The van der Waals surface area contributed by atoms with E-state index in [4.69, 9.17) is 0 Å². The van der Waals surface area contributed by atoms with Crippen LogP contribution in [0.1, 0.15) is 13.8 Å². The minimum absolute atomic E-state index is 0.0440. The molecule has 0 saturated carbocycles. The van der Waals surface area contributed by atoms with Crippen molar-refractivity contribution in [2.75, 3.05) is 26.4 Å². The summed E-state index contributed by atoms with van der Waals surface area (Å²) in [7, 11) is 0. The molecule has 0 aromatic carbocycles. The average Bonchev–Trinajstić information content (AvgIpc) is 2.13. The van der Waals surface area contributed by atoms with Crippen LogP contribution >= 0.6 is 0 Å². The monoisotopic (exact) mass is 206 g/mol. The normalized spacial score (nSPS) is 9.00. The van der Waals surface area contributed by atoms with Crippen LogP contribution in [0.4, 0.5) is 9.59 Å². The molecule has 0 unspecified atom stereocenters. The zero-order valence-electron chi connectivity index (χ0n) is 8.28. The Kier molecular flexibility index (Phi) is 7.30. The summed E-state index contributed by atoms with van der Waals surface area (Å²) in [6, 6.07) is 0. The fourth-order valence-electron chi connectivity index (χ4n) is 0.569. The van der Waals surface area contributed by atoms with Crippen LogP contribution in [0, 0.1) is 0 Å². The van der Waals surface area contributed by atoms with Gasteiger partial charge in [0.15, 0.2) is 0 Å². The first-order chi connectivity index (χ1) is 6.70. The Hall–Kier alpha value is -1.46. The number of hydrogen-bond donors (Lipinski definition) is 0. The van der Waals surface area contributed by atoms with E-state index in [0.29, 0.717) is 0 Å². The Labute approximate surface area is 82.1 Å². The topological polar surface area (TPSA) is 71.1 Å². The largest absolute Gasteiger partial charge is 0.508 e. The molecule has 6 heteroatoms. The highest BCUT2D eigenvalue weighted by Gasteiger charge is 2.04. The Morgan fingerprint density at radius 1 is 0.786 bits per heavy atom. The van der Waals surface area contributed by atoms with Gasteiger partial charge in [-0.15, -0.1) is 0 Å². The molecule has 14 heavy (non-hydrogen) atoms. The van der Waals surface area contributed by atoms with Gasteiger partial charge in [-0.05, 0) is 13.8 Å². The maximum absolute atomic E-state index is 10.6. The van der Waals surface area contributed by atoms with Gasteiger partial charge in [-0.3, -0.25) is 0 Å². The van der Waals surface area contributed by atoms with Crippen LogP contribution in [0.2, 0.25) is 0 Å². The Bertz CT molecular complexity index is 159. The lowest BCUT2D eigenvalue weighted by atomic mass is 10.8. The molecular formula is C8H14O6. The van der Waals surface area contributed by atoms with E-state index in [9.17, 15) is 9.59 Å². The van der Waals surface area contributed by atoms with Crippen LogP contribution in [0.3, 0.4) is 0 Å². The Morgan fingerprint density at radius 2 is 1.14 bits per heavy atom. The second-order valence-corrected chi connectivity index (χ2v) is 2.06. The van der Waals surface area contributed by atoms with E-state index in [1.165, 1.54) is 0 Å². The zero-order chi connectivity index (χ0) is 10.8. The van der Waals surface area contributed by atoms with Crippen molar-refractivity contribution in [3.05, 3.63) is 0 Å². The van der Waals surface area contributed by atoms with E-state index in [2.05, 4.69) is 18.9 Å². The summed E-state index contributed by atoms with van der Waals surface area (Å²) in [5.41, 5.74) is 0. The predicted molar refractivity (Wildman–Crippen MR) is 45.9 cm³/mol. The summed E-state index contributed by atoms with van der Waals surface area (Å²) in [5.74, 6) is 0. The minimum Gasteiger partial charge on any atom is -0.435 e. The van der Waals surface area contributed by atoms with Crippen molar-refractivity contribution in [3.8, 4) is 0 Å². The SMILES string of the molecule is CCOC(=O)OCCOC(=O)OCC. The predicted octanol–water partition coefficient (Wildman–Crippen LogP) is 1.33. The summed E-state index contributed by atoms with van der Waals surface area (Å²) in [6.07, 6.45) is -1.56. The van der Waals surface area contributed by atoms with Crippen molar-refractivity contribution < 1.29 is 28.5 Å². The van der Waals surface area contributed by atoms with Crippen LogP contribution in [-0.4, -0.2) is 38.7 Å². The van der Waals surface area contributed by atoms with E-state index < -0.39 is 12.3 Å². The number of rotatable bonds is 5. The van der Waals surface area contributed by atoms with E-state index in [-0.39, 0.29) is 26.4 Å². The fourth-order valence-corrected chi connectivity index (χ4v) is 0.569. The van der Waals surface area contributed by atoms with E-state index >= 15 is 0 Å². The van der Waals surface area contributed by atoms with E-state index in [1.54, 1.807) is 13.8 Å². The molecular weight excluding hydrogens is 192 g/mol. The summed E-state index contributed by atoms with van der Waals surface area (Å²) < 4.78 is 18.0. The molecule has 0 bridgehead atoms. The molecule has 0 spiro atoms. The molecule has 0 heterocycles. The molecule has 0 atom stereocenters. The standard InChI is InChI=1S/C8H14O6/c1-3-11-7(9)13-5-6-14-8(10)12-4-2/h3-6H2,1-2H3. The molecule has 0 aliphatic carbocycles. The number of carbonyl (C=O) groups is 2. The van der Waals surface area contributed by atoms with Crippen LogP contribution in [0.15, 0.2) is 0 Å². The lowest BCUT2D eigenvalue weighted by Crippen LogP contribution is -2.15. The summed E-state index contributed by atoms with van der Waals surface area (Å²) >= 11 is 0. The van der Waals surface area contributed by atoms with E-state index in [1.807, 2.05) is 0 Å². The minimum atomic E-state index is -0.778. The lowest BCUT2D eigenvalue weighted by Gasteiger charge is -2.05. The summed E-state index contributed by atoms with van der Waals surface area (Å²) in [4.78, 5) is 21.2. The van der Waals surface area contributed by atoms with Crippen molar-refractivity contribution in [3.63, 3.8) is 0 Å². The molecule has 0 saturated heterocycles. The Balaban J connectivity index is 3.28. The smallest absolute Gasteiger partial charge is 0.435 e. The molecule has 0 fully saturated rings. The highest BCUT2D eigenvalue weighted by atomic mass is 16.7. The highest BCUT2D eigenvalue weighted by molar-refractivity contribution is 5.60. The Morgan fingerprint density at radius 3 is 1.43 bits per heavy atom. The second-order valence-electron chi connectivity index (χ2n) is 2.06. The molecule has 0 aliphatic heterocycles. The van der Waals surface area contributed by atoms with Gasteiger partial charge in [-0.25, -0.2) is 9.59 Å². The van der Waals surface area contributed by atoms with Crippen LogP contribution < -0.4 is 0 Å². The molecule has 0 aliphatic rings. The highest BCUT2D eigenvalue weighted by Crippen LogP contribution is 1.88. The van der Waals surface area contributed by atoms with Gasteiger partial charge in [0.05, 0.1) is 13.2 Å². The van der Waals surface area contributed by atoms with Crippen LogP contribution in [0.25, 0.3) is 0 Å². The summed E-state index contributed by atoms with van der Waals surface area (Å²) in [5, 5.41) is 0. The van der Waals surface area contributed by atoms with Gasteiger partial charge in [0.2, 0.25) is 0 Å². The number of carbonyl (C=O) groups excluding carboxylic acids is 2. The average molecular weight is 206 g/mol. The third kappa shape index (κ3) is 7.20. The van der Waals surface area contributed by atoms with Gasteiger partial charge >= 0.3 is 12.3 Å². The van der Waals surface area contributed by atoms with Crippen LogP contribution in [-0.2, 0) is 18.9 Å². The summed E-state index contributed by atoms with van der Waals surface area (Å²) in [6.45, 7) is 3.73. The van der Waals surface area contributed by atoms with Crippen molar-refractivity contribution in [1.82, 2.24) is 0 Å². The second kappa shape index (κ2) is 8.15. The molecule has 82 valence electrons. The molecule has 0 N–H and O–H groups in total. The molecule has 0 aromatic heterocycles. The first-order valence-electron chi connectivity index (χ1n) is 4.29. The quantitative estimate of drug-likeness (QED) is 0.499. The van der Waals surface area contributed by atoms with Gasteiger partial charge < -0.3 is 18.9 Å². The third-order valence-corrected chi connectivity index (χ3v) is 1.05. The lowest BCUT2D eigenvalue weighted by molar-refractivity contribution is 0.0212. The number of hydrogen-bond acceptors (Lipinski definition) is 6. The number of ether oxygens (including phenoxy) is 4. The van der Waals surface area contributed by atoms with Gasteiger partial charge in [-0.2, -0.15) is 0 Å². The van der Waals surface area contributed by atoms with Crippen molar-refractivity contribution in [2.45, 2.75) is 13.8 Å². The third-order valence-electron chi connectivity index (χ3n) is 1.05. The van der Waals surface area contributed by atoms with Crippen molar-refractivity contribution >= 4 is 12.3 Å². The van der Waals surface area contributed by atoms with E-state index in [0.717, 1.165) is 0 Å². The van der Waals surface area contributed by atoms with Gasteiger partial charge in [0.25, 0.3) is 0 Å². The molecule has 0 aromatic rings. The molecule has 6 nitrogen and oxygen atoms in total. The first kappa shape index (κ1) is 12.5. The fraction of sp³-hybridized carbons (Fsp3) is 0.750. The maximum Gasteiger partial charge on any atom is 0.508 e. The van der Waals surface area contributed by atoms with Gasteiger partial charge in [-0.1, -0.05) is 0 Å². The zero-order valence-corrected chi connectivity index (χ0v) is 8.28.